The van der Waals surface area contributed by atoms with E-state index < -0.39 is 30.4 Å². The number of fused-ring (bicyclic) bond motifs is 3. The van der Waals surface area contributed by atoms with Gasteiger partial charge in [0.25, 0.3) is 15.0 Å². The molecule has 0 atom stereocenters. The summed E-state index contributed by atoms with van der Waals surface area (Å²) in [5, 5.41) is 3.62. The van der Waals surface area contributed by atoms with Crippen molar-refractivity contribution in [1.82, 2.24) is 0 Å². The summed E-state index contributed by atoms with van der Waals surface area (Å²) in [6.45, 7) is 8.14. The SMILES string of the molecule is CS(=O)(=O)[O-].Cc1ccc(S(=O)(=O)[O-])cc1.Cc1ccc2sc(-c3ccc(C=O)cc3)[n+](C)c2c1.Cc1ccc2sc(-c3ccc(C=O)cc3)[n+](C)c2c1.Cc1ccc2sc(-c3ccc(C=O)cc3)[n+](C)c2c1.O=S(=O)([O-])c1ccccc1. The first kappa shape index (κ1) is 64.3. The summed E-state index contributed by atoms with van der Waals surface area (Å²) >= 11 is 5.32. The zero-order chi connectivity index (χ0) is 60.8. The topological polar surface area (TPSA) is 234 Å². The molecule has 15 nitrogen and oxygen atoms in total. The van der Waals surface area contributed by atoms with Crippen LogP contribution in [-0.2, 0) is 51.5 Å². The lowest BCUT2D eigenvalue weighted by Gasteiger charge is -2.05. The van der Waals surface area contributed by atoms with Crippen LogP contribution in [0.1, 0.15) is 53.3 Å². The second-order valence-electron chi connectivity index (χ2n) is 18.8. The van der Waals surface area contributed by atoms with Crippen molar-refractivity contribution in [2.24, 2.45) is 21.1 Å². The third-order valence-corrected chi connectivity index (χ3v) is 17.7. The Hall–Kier alpha value is -7.83. The van der Waals surface area contributed by atoms with E-state index in [2.05, 4.69) is 110 Å². The molecule has 0 spiro atoms. The van der Waals surface area contributed by atoms with Gasteiger partial charge in [0, 0.05) is 41.1 Å². The minimum Gasteiger partial charge on any atom is -0.748 e. The number of benzene rings is 8. The van der Waals surface area contributed by atoms with E-state index in [0.29, 0.717) is 22.9 Å². The smallest absolute Gasteiger partial charge is 0.269 e. The maximum Gasteiger partial charge on any atom is 0.269 e. The van der Waals surface area contributed by atoms with E-state index in [9.17, 15) is 40.3 Å². The van der Waals surface area contributed by atoms with Crippen molar-refractivity contribution in [2.75, 3.05) is 6.26 Å². The lowest BCUT2D eigenvalue weighted by atomic mass is 10.1. The highest BCUT2D eigenvalue weighted by atomic mass is 32.2. The molecule has 0 amide bonds. The summed E-state index contributed by atoms with van der Waals surface area (Å²) in [6, 6.07) is 55.7. The van der Waals surface area contributed by atoms with Crippen LogP contribution in [0.3, 0.4) is 0 Å². The van der Waals surface area contributed by atoms with Crippen molar-refractivity contribution in [3.63, 3.8) is 0 Å². The van der Waals surface area contributed by atoms with E-state index in [1.807, 2.05) is 79.7 Å². The molecule has 0 aliphatic heterocycles. The van der Waals surface area contributed by atoms with Gasteiger partial charge in [-0.15, -0.1) is 0 Å². The van der Waals surface area contributed by atoms with Crippen molar-refractivity contribution < 1.29 is 67.0 Å². The number of nitrogens with zero attached hydrogens (tertiary/aromatic N) is 3. The van der Waals surface area contributed by atoms with Crippen molar-refractivity contribution in [3.8, 4) is 31.7 Å². The molecule has 0 bridgehead atoms. The van der Waals surface area contributed by atoms with Gasteiger partial charge >= 0.3 is 0 Å². The lowest BCUT2D eigenvalue weighted by molar-refractivity contribution is -0.629. The van der Waals surface area contributed by atoms with Gasteiger partial charge in [-0.2, -0.15) is 13.7 Å². The molecule has 0 aliphatic carbocycles. The van der Waals surface area contributed by atoms with E-state index in [0.717, 1.165) is 41.1 Å². The van der Waals surface area contributed by atoms with Crippen LogP contribution < -0.4 is 13.7 Å². The predicted molar refractivity (Wildman–Crippen MR) is 325 cm³/mol. The number of carbonyl (C=O) groups is 3. The molecule has 3 heterocycles. The van der Waals surface area contributed by atoms with Gasteiger partial charge in [-0.1, -0.05) is 125 Å². The number of hydrogen-bond donors (Lipinski definition) is 0. The Morgan fingerprint density at radius 3 is 0.855 bits per heavy atom. The highest BCUT2D eigenvalue weighted by Gasteiger charge is 2.21. The van der Waals surface area contributed by atoms with E-state index in [1.54, 1.807) is 52.2 Å². The van der Waals surface area contributed by atoms with Gasteiger partial charge in [0.05, 0.1) is 36.6 Å². The number of aryl methyl sites for hydroxylation is 7. The van der Waals surface area contributed by atoms with E-state index in [4.69, 9.17) is 13.0 Å². The van der Waals surface area contributed by atoms with Gasteiger partial charge < -0.3 is 13.7 Å². The van der Waals surface area contributed by atoms with Gasteiger partial charge in [-0.25, -0.2) is 25.3 Å². The number of thiazole rings is 3. The lowest BCUT2D eigenvalue weighted by Crippen LogP contribution is -2.28. The zero-order valence-corrected chi connectivity index (χ0v) is 51.1. The fraction of sp³-hybridized carbons (Fsp3) is 0.129. The summed E-state index contributed by atoms with van der Waals surface area (Å²) in [4.78, 5) is 31.7. The highest BCUT2D eigenvalue weighted by molar-refractivity contribution is 7.86. The summed E-state index contributed by atoms with van der Waals surface area (Å²) in [5.41, 5.74) is 14.0. The zero-order valence-electron chi connectivity index (χ0n) is 46.2. The van der Waals surface area contributed by atoms with Crippen LogP contribution in [0.15, 0.2) is 192 Å². The molecular formula is C62H57N3O12S6. The van der Waals surface area contributed by atoms with Crippen molar-refractivity contribution in [3.05, 3.63) is 221 Å². The molecule has 0 unspecified atom stereocenters. The van der Waals surface area contributed by atoms with Crippen LogP contribution in [0.2, 0.25) is 0 Å². The van der Waals surface area contributed by atoms with Crippen LogP contribution in [-0.4, -0.2) is 64.0 Å². The van der Waals surface area contributed by atoms with Crippen LogP contribution >= 0.6 is 34.0 Å². The summed E-state index contributed by atoms with van der Waals surface area (Å²) in [6.07, 6.45) is 3.22. The minimum absolute atomic E-state index is 0.178. The van der Waals surface area contributed by atoms with Crippen molar-refractivity contribution >= 4 is 114 Å². The van der Waals surface area contributed by atoms with Crippen LogP contribution in [0.4, 0.5) is 0 Å². The first-order valence-electron chi connectivity index (χ1n) is 25.0. The standard InChI is InChI=1S/3C16H14NOS.C7H8O3S.C6H6O3S.CH4O3S/c3*1-11-3-8-15-14(9-11)17(2)16(19-15)13-6-4-12(10-18)5-7-13;1-6-2-4-7(5-3-6)11(8,9)10;7-10(8,9)6-4-2-1-3-5-6;1-5(2,3)4/h3*3-10H,1-2H3;2-5H,1H3,(H,8,9,10);1-5H,(H,7,8,9);1H3,(H,2,3,4)/q3*+1;;;/p-3. The third kappa shape index (κ3) is 18.3. The number of carbonyl (C=O) groups excluding carboxylic acids is 3. The maximum atomic E-state index is 10.7. The molecule has 21 heteroatoms. The third-order valence-electron chi connectivity index (χ3n) is 12.2. The monoisotopic (exact) mass is 1230 g/mol. The molecule has 0 N–H and O–H groups in total. The van der Waals surface area contributed by atoms with E-state index in [-0.39, 0.29) is 9.79 Å². The van der Waals surface area contributed by atoms with Gasteiger partial charge in [0.2, 0.25) is 16.6 Å². The van der Waals surface area contributed by atoms with Gasteiger partial charge in [0.15, 0.2) is 0 Å². The van der Waals surface area contributed by atoms with Crippen LogP contribution in [0.25, 0.3) is 62.4 Å². The molecule has 8 aromatic carbocycles. The molecule has 83 heavy (non-hydrogen) atoms. The number of aldehydes is 3. The fourth-order valence-corrected chi connectivity index (χ4v) is 12.3. The first-order valence-corrected chi connectivity index (χ1v) is 32.0. The highest BCUT2D eigenvalue weighted by Crippen LogP contribution is 2.31. The normalized spacial score (nSPS) is 11.0. The van der Waals surface area contributed by atoms with Gasteiger partial charge in [-0.3, -0.25) is 14.4 Å². The average molecular weight is 1230 g/mol. The van der Waals surface area contributed by atoms with Crippen LogP contribution in [0.5, 0.6) is 0 Å². The minimum atomic E-state index is -4.27. The largest absolute Gasteiger partial charge is 0.748 e. The molecule has 11 aromatic rings. The molecular weight excluding hydrogens is 1170 g/mol. The van der Waals surface area contributed by atoms with Gasteiger partial charge in [0.1, 0.15) is 74.3 Å². The Balaban J connectivity index is 0.000000167. The quantitative estimate of drug-likeness (QED) is 0.0785. The second-order valence-corrected chi connectivity index (χ2v) is 26.0. The van der Waals surface area contributed by atoms with E-state index >= 15 is 0 Å². The summed E-state index contributed by atoms with van der Waals surface area (Å²) < 4.78 is 99.7. The molecule has 0 fully saturated rings. The molecule has 0 radical (unpaired) electrons. The Labute approximate surface area is 494 Å². The molecule has 11 rings (SSSR count). The van der Waals surface area contributed by atoms with E-state index in [1.165, 1.54) is 98.8 Å². The first-order chi connectivity index (χ1) is 39.2. The average Bonchev–Trinajstić information content (AvgIpc) is 4.27. The number of hydrogen-bond acceptors (Lipinski definition) is 15. The Morgan fingerprint density at radius 2 is 0.614 bits per heavy atom. The second kappa shape index (κ2) is 28.4. The van der Waals surface area contributed by atoms with Crippen LogP contribution in [0, 0.1) is 27.7 Å². The summed E-state index contributed by atoms with van der Waals surface area (Å²) in [7, 11) is -6.19. The Bertz CT molecular complexity index is 4090. The molecule has 0 saturated heterocycles. The summed E-state index contributed by atoms with van der Waals surface area (Å²) in [5.74, 6) is 0. The molecule has 428 valence electrons. The molecule has 3 aromatic heterocycles. The molecule has 0 saturated carbocycles. The van der Waals surface area contributed by atoms with Gasteiger partial charge in [-0.05, 0) is 123 Å². The Morgan fingerprint density at radius 1 is 0.361 bits per heavy atom. The number of aromatic nitrogens is 3. The fourth-order valence-electron chi connectivity index (χ4n) is 7.94. The Kier molecular flexibility index (Phi) is 22.0. The predicted octanol–water partition coefficient (Wildman–Crippen LogP) is 11.2. The maximum absolute atomic E-state index is 10.7. The number of rotatable bonds is 8. The molecule has 0 aliphatic rings. The van der Waals surface area contributed by atoms with Crippen molar-refractivity contribution in [1.29, 1.82) is 0 Å². The van der Waals surface area contributed by atoms with Crippen molar-refractivity contribution in [2.45, 2.75) is 37.5 Å².